The Kier molecular flexibility index (Phi) is 7.08. The van der Waals surface area contributed by atoms with Crippen LogP contribution in [0.1, 0.15) is 20.3 Å². The maximum absolute atomic E-state index is 11.7. The quantitative estimate of drug-likeness (QED) is 0.701. The van der Waals surface area contributed by atoms with Crippen LogP contribution in [0, 0.1) is 0 Å². The summed E-state index contributed by atoms with van der Waals surface area (Å²) in [6.45, 7) is 5.33. The predicted octanol–water partition coefficient (Wildman–Crippen LogP) is 1.02. The lowest BCUT2D eigenvalue weighted by atomic mass is 10.3. The van der Waals surface area contributed by atoms with Gasteiger partial charge in [0.05, 0.1) is 25.3 Å². The normalized spacial score (nSPS) is 10.0. The van der Waals surface area contributed by atoms with Gasteiger partial charge < -0.3 is 20.7 Å². The molecule has 0 saturated heterocycles. The molecular weight excluding hydrogens is 270 g/mol. The van der Waals surface area contributed by atoms with Crippen molar-refractivity contribution in [1.29, 1.82) is 0 Å². The first-order valence-electron chi connectivity index (χ1n) is 7.10. The second-order valence-corrected chi connectivity index (χ2v) is 4.48. The van der Waals surface area contributed by atoms with Gasteiger partial charge in [0, 0.05) is 13.1 Å². The van der Waals surface area contributed by atoms with Crippen LogP contribution in [0.15, 0.2) is 24.3 Å². The maximum atomic E-state index is 11.7. The fraction of sp³-hybridized carbons (Fsp3) is 0.467. The molecule has 0 aliphatic heterocycles. The topological polar surface area (TPSA) is 84.7 Å². The van der Waals surface area contributed by atoms with Gasteiger partial charge in [0.15, 0.2) is 0 Å². The number of nitrogens with zero attached hydrogens (tertiary/aromatic N) is 1. The van der Waals surface area contributed by atoms with Gasteiger partial charge in [0.1, 0.15) is 5.75 Å². The zero-order valence-corrected chi connectivity index (χ0v) is 12.6. The van der Waals surface area contributed by atoms with E-state index in [1.165, 1.54) is 0 Å². The van der Waals surface area contributed by atoms with E-state index in [1.807, 2.05) is 26.0 Å². The molecule has 0 radical (unpaired) electrons. The molecule has 0 aliphatic carbocycles. The van der Waals surface area contributed by atoms with E-state index in [0.717, 1.165) is 0 Å². The highest BCUT2D eigenvalue weighted by molar-refractivity contribution is 5.84. The van der Waals surface area contributed by atoms with Crippen LogP contribution in [0.5, 0.6) is 5.75 Å². The van der Waals surface area contributed by atoms with Gasteiger partial charge >= 0.3 is 0 Å². The molecule has 0 spiro atoms. The fourth-order valence-corrected chi connectivity index (χ4v) is 1.82. The first-order chi connectivity index (χ1) is 10.1. The van der Waals surface area contributed by atoms with E-state index in [4.69, 9.17) is 10.5 Å². The molecule has 0 heterocycles. The summed E-state index contributed by atoms with van der Waals surface area (Å²) in [5.74, 6) is 0.260. The van der Waals surface area contributed by atoms with Crippen LogP contribution >= 0.6 is 0 Å². The Labute approximate surface area is 125 Å². The Morgan fingerprint density at radius 1 is 1.24 bits per heavy atom. The SMILES string of the molecule is CCN(CC)C(=O)CNC(=O)CCOc1ccccc1N. The highest BCUT2D eigenvalue weighted by atomic mass is 16.5. The molecule has 1 rings (SSSR count). The standard InChI is InChI=1S/C15H23N3O3/c1-3-18(4-2)15(20)11-17-14(19)9-10-21-13-8-6-5-7-12(13)16/h5-8H,3-4,9-11,16H2,1-2H3,(H,17,19). The Morgan fingerprint density at radius 3 is 2.52 bits per heavy atom. The molecule has 6 nitrogen and oxygen atoms in total. The molecule has 0 aliphatic rings. The summed E-state index contributed by atoms with van der Waals surface area (Å²) in [5, 5.41) is 2.59. The summed E-state index contributed by atoms with van der Waals surface area (Å²) in [5.41, 5.74) is 6.26. The summed E-state index contributed by atoms with van der Waals surface area (Å²) in [4.78, 5) is 25.0. The van der Waals surface area contributed by atoms with Crippen molar-refractivity contribution in [3.8, 4) is 5.75 Å². The number of hydrogen-bond donors (Lipinski definition) is 2. The average molecular weight is 293 g/mol. The maximum Gasteiger partial charge on any atom is 0.241 e. The minimum absolute atomic E-state index is 0.0218. The molecule has 0 aromatic heterocycles. The number of nitrogens with one attached hydrogen (secondary N) is 1. The molecule has 1 aromatic rings. The Bertz CT molecular complexity index is 473. The lowest BCUT2D eigenvalue weighted by molar-refractivity contribution is -0.132. The number of nitrogen functional groups attached to an aromatic ring is 1. The minimum Gasteiger partial charge on any atom is -0.491 e. The molecule has 21 heavy (non-hydrogen) atoms. The van der Waals surface area contributed by atoms with Crippen LogP contribution in [0.2, 0.25) is 0 Å². The zero-order valence-electron chi connectivity index (χ0n) is 12.6. The number of nitrogens with two attached hydrogens (primary N) is 1. The van der Waals surface area contributed by atoms with E-state index >= 15 is 0 Å². The number of carbonyl (C=O) groups excluding carboxylic acids is 2. The van der Waals surface area contributed by atoms with E-state index in [9.17, 15) is 9.59 Å². The molecule has 0 bridgehead atoms. The van der Waals surface area contributed by atoms with Crippen LogP contribution in [-0.4, -0.2) is 43.0 Å². The van der Waals surface area contributed by atoms with Gasteiger partial charge in [-0.25, -0.2) is 0 Å². The second kappa shape index (κ2) is 8.84. The number of carbonyl (C=O) groups is 2. The van der Waals surface area contributed by atoms with E-state index in [1.54, 1.807) is 17.0 Å². The van der Waals surface area contributed by atoms with Crippen molar-refractivity contribution in [2.45, 2.75) is 20.3 Å². The van der Waals surface area contributed by atoms with Crippen molar-refractivity contribution in [1.82, 2.24) is 10.2 Å². The molecule has 0 fully saturated rings. The van der Waals surface area contributed by atoms with Crippen LogP contribution in [0.25, 0.3) is 0 Å². The van der Waals surface area contributed by atoms with E-state index < -0.39 is 0 Å². The number of amides is 2. The third-order valence-corrected chi connectivity index (χ3v) is 3.06. The molecule has 116 valence electrons. The summed E-state index contributed by atoms with van der Waals surface area (Å²) in [7, 11) is 0. The second-order valence-electron chi connectivity index (χ2n) is 4.48. The number of rotatable bonds is 8. The summed E-state index contributed by atoms with van der Waals surface area (Å²) in [6.07, 6.45) is 0.180. The highest BCUT2D eigenvalue weighted by Gasteiger charge is 2.11. The third-order valence-electron chi connectivity index (χ3n) is 3.06. The highest BCUT2D eigenvalue weighted by Crippen LogP contribution is 2.19. The monoisotopic (exact) mass is 293 g/mol. The van der Waals surface area contributed by atoms with Gasteiger partial charge in [-0.3, -0.25) is 9.59 Å². The molecule has 0 atom stereocenters. The molecular formula is C15H23N3O3. The average Bonchev–Trinajstić information content (AvgIpc) is 2.48. The number of likely N-dealkylation sites (N-methyl/N-ethyl adjacent to an activating group) is 1. The molecule has 2 amide bonds. The largest absolute Gasteiger partial charge is 0.491 e. The van der Waals surface area contributed by atoms with Crippen LogP contribution in [-0.2, 0) is 9.59 Å². The molecule has 0 unspecified atom stereocenters. The van der Waals surface area contributed by atoms with Gasteiger partial charge in [-0.2, -0.15) is 0 Å². The minimum atomic E-state index is -0.218. The fourth-order valence-electron chi connectivity index (χ4n) is 1.82. The lowest BCUT2D eigenvalue weighted by Gasteiger charge is -2.18. The number of para-hydroxylation sites is 2. The number of ether oxygens (including phenoxy) is 1. The summed E-state index contributed by atoms with van der Waals surface area (Å²) >= 11 is 0. The first-order valence-corrected chi connectivity index (χ1v) is 7.10. The Hall–Kier alpha value is -2.24. The van der Waals surface area contributed by atoms with Crippen LogP contribution in [0.3, 0.4) is 0 Å². The zero-order chi connectivity index (χ0) is 15.7. The van der Waals surface area contributed by atoms with Gasteiger partial charge in [-0.05, 0) is 26.0 Å². The Balaban J connectivity index is 2.26. The van der Waals surface area contributed by atoms with Gasteiger partial charge in [-0.1, -0.05) is 12.1 Å². The number of anilines is 1. The van der Waals surface area contributed by atoms with E-state index in [2.05, 4.69) is 5.32 Å². The third kappa shape index (κ3) is 5.72. The summed E-state index contributed by atoms with van der Waals surface area (Å²) in [6, 6.07) is 7.11. The molecule has 6 heteroatoms. The van der Waals surface area contributed by atoms with Crippen molar-refractivity contribution >= 4 is 17.5 Å². The van der Waals surface area contributed by atoms with Crippen molar-refractivity contribution < 1.29 is 14.3 Å². The molecule has 0 saturated carbocycles. The Morgan fingerprint density at radius 2 is 1.90 bits per heavy atom. The van der Waals surface area contributed by atoms with Crippen molar-refractivity contribution in [2.24, 2.45) is 0 Å². The van der Waals surface area contributed by atoms with Gasteiger partial charge in [0.25, 0.3) is 0 Å². The number of benzene rings is 1. The molecule has 3 N–H and O–H groups in total. The summed E-state index contributed by atoms with van der Waals surface area (Å²) < 4.78 is 5.42. The van der Waals surface area contributed by atoms with Gasteiger partial charge in [-0.15, -0.1) is 0 Å². The van der Waals surface area contributed by atoms with Crippen molar-refractivity contribution in [3.05, 3.63) is 24.3 Å². The van der Waals surface area contributed by atoms with Gasteiger partial charge in [0.2, 0.25) is 11.8 Å². The van der Waals surface area contributed by atoms with E-state index in [-0.39, 0.29) is 31.4 Å². The molecule has 1 aromatic carbocycles. The van der Waals surface area contributed by atoms with Crippen LogP contribution < -0.4 is 15.8 Å². The van der Waals surface area contributed by atoms with E-state index in [0.29, 0.717) is 24.5 Å². The first kappa shape index (κ1) is 16.8. The van der Waals surface area contributed by atoms with Crippen molar-refractivity contribution in [3.63, 3.8) is 0 Å². The van der Waals surface area contributed by atoms with Crippen LogP contribution in [0.4, 0.5) is 5.69 Å². The number of hydrogen-bond acceptors (Lipinski definition) is 4. The predicted molar refractivity (Wildman–Crippen MR) is 81.9 cm³/mol. The lowest BCUT2D eigenvalue weighted by Crippen LogP contribution is -2.40. The van der Waals surface area contributed by atoms with Crippen molar-refractivity contribution in [2.75, 3.05) is 32.0 Å². The smallest absolute Gasteiger partial charge is 0.241 e.